The Kier molecular flexibility index (Phi) is 41.5. The van der Waals surface area contributed by atoms with E-state index in [4.69, 9.17) is 99.5 Å². The molecule has 11 heterocycles. The third-order valence-electron chi connectivity index (χ3n) is 25.3. The van der Waals surface area contributed by atoms with E-state index in [0.29, 0.717) is 0 Å². The number of hydrogen-bond acceptors (Lipinski definition) is 56. The molecular weight excluding hydrogens is 1930 g/mol. The van der Waals surface area contributed by atoms with E-state index >= 15 is 0 Å². The Morgan fingerprint density at radius 1 is 0.206 bits per heavy atom. The second kappa shape index (κ2) is 50.6. The van der Waals surface area contributed by atoms with E-state index in [-0.39, 0.29) is 0 Å². The van der Waals surface area contributed by atoms with Crippen LogP contribution in [0.2, 0.25) is 0 Å². The molecule has 0 unspecified atom stereocenters. The summed E-state index contributed by atoms with van der Waals surface area (Å²) in [6.45, 7) is -6.46. The second-order valence-electron chi connectivity index (χ2n) is 35.3. The van der Waals surface area contributed by atoms with Gasteiger partial charge in [-0.25, -0.2) is 4.79 Å². The Labute approximate surface area is 797 Å². The van der Waals surface area contributed by atoms with Gasteiger partial charge < -0.3 is 279 Å². The van der Waals surface area contributed by atoms with Gasteiger partial charge in [-0.15, -0.1) is 0 Å². The SMILES string of the molecule is CC(=O)N[C@@H]1[C@H](O[C@@H]2[C@@H](O[C@@H]3[C@H](O)[C@H](O[C@H]4[C@H](O)[C@@H](NC(C)=O)[C@H](O[C@H]5[C@H](O)[C@@H](NC(C)=O)[C@H](O)O[C@@H]5CO)O[C@@H]4CO)O[C@H](CO[C@H]4O[C@H](CO[C@@H]5O[C@H](CO)[C@@H](O)[C@H](O)[C@H]5NC(C)=O)[C@@H](O)[C@H](O)[C@@H]4O[C@@H]4O[C@H](CO)[C@@H](O)[C@H](O)[C@H]4NC(C)=O)[C@H]3O)O[C@H](CO)[C@@H](O[C@@H]3O[C@H](CO)[C@@H](O)[C@H](O)[C@H]3NC(C)=O)[C@@H]2O)O[C@H](CO)[C@@H](O[C@@H]2O[C@H](CO)[C@H](O)[C@H](O[C@@H]3O[C@H](C(=O)O)[C@@H](O)[C@H](O)[C@H]3O)[C@H]2O)[C@@H]1O. The van der Waals surface area contributed by atoms with Crippen LogP contribution in [0.5, 0.6) is 0 Å². The summed E-state index contributed by atoms with van der Waals surface area (Å²) in [5.74, 6) is -7.64. The maximum atomic E-state index is 13.6. The van der Waals surface area contributed by atoms with Crippen molar-refractivity contribution >= 4 is 41.4 Å². The molecule has 141 heavy (non-hydrogen) atoms. The highest BCUT2D eigenvalue weighted by molar-refractivity contribution is 5.76. The Morgan fingerprint density at radius 3 is 0.844 bits per heavy atom. The number of rotatable bonds is 37. The fourth-order valence-corrected chi connectivity index (χ4v) is 18.1. The van der Waals surface area contributed by atoms with E-state index in [1.165, 1.54) is 0 Å². The maximum Gasteiger partial charge on any atom is 0.335 e. The van der Waals surface area contributed by atoms with Crippen LogP contribution in [-0.2, 0) is 133 Å². The summed E-state index contributed by atoms with van der Waals surface area (Å²) >= 11 is 0. The Morgan fingerprint density at radius 2 is 0.454 bits per heavy atom. The third kappa shape index (κ3) is 26.1. The molecule has 11 aliphatic heterocycles. The van der Waals surface area contributed by atoms with Gasteiger partial charge in [0.25, 0.3) is 0 Å². The minimum Gasteiger partial charge on any atom is -0.479 e. The molecule has 63 heteroatoms. The number of carbonyl (C=O) groups excluding carboxylic acids is 6. The van der Waals surface area contributed by atoms with E-state index < -0.39 is 445 Å². The molecule has 0 aromatic carbocycles. The number of carboxylic acids is 1. The van der Waals surface area contributed by atoms with Crippen LogP contribution in [0.3, 0.4) is 0 Å². The standard InChI is InChI=1S/C78H128N6O57/c1-17(93)79-33-48(108)58(27(11-89)123-68(33)120)133-72-37(83-21(5)97)49(109)60(28(12-90)128-72)136-76-57(117)63(44(104)32(131-76)16-122-77-65(140-71-36(82-20(4)96)47(107)41(101)25(9-87)126-71)52(112)42(102)31(132-77)15-121-69-34(80-18(2)94)45(105)39(99)23(7-85)124-69)138-78-66(55(115)61(30(14-92)130-78)134-70-35(81-19(3)95)46(106)40(100)24(8-86)125-70)141-73-38(84-22(6)98)50(110)59(29(13-91)129-73)135-75-56(116)62(43(103)26(10-88)127-75)137-74-54(114)51(111)53(113)64(139-74)67(118)119/h23-66,68-78,85-92,99-117,120H,7-16H2,1-6H3,(H,79,93)(H,80,94)(H,81,95)(H,82,96)(H,83,97)(H,84,98)(H,118,119)/t23-,24-,25-,26-,27-,28-,29-,30-,31-,32-,33-,34-,35-,36-,37-,38+,39-,40-,41-,42-,43+,44-,45-,46-,47-,48-,49-,50-,51+,52+,53+,54-,55+,56-,57+,58-,59-,60-,61-,62+,63+,64+,65+,66+,68-,69-,70+,71+,72+,73+,74-,75+,76+,77+,78-/m1/s1. The Balaban J connectivity index is 0.999. The summed E-state index contributed by atoms with van der Waals surface area (Å²) < 4.78 is 126. The molecule has 11 saturated heterocycles. The van der Waals surface area contributed by atoms with Gasteiger partial charge in [0, 0.05) is 41.5 Å². The van der Waals surface area contributed by atoms with Crippen LogP contribution in [0.1, 0.15) is 41.5 Å². The zero-order valence-corrected chi connectivity index (χ0v) is 75.7. The van der Waals surface area contributed by atoms with Crippen LogP contribution in [0.25, 0.3) is 0 Å². The molecule has 11 rings (SSSR count). The lowest BCUT2D eigenvalue weighted by Gasteiger charge is -2.52. The van der Waals surface area contributed by atoms with Crippen molar-refractivity contribution in [3.63, 3.8) is 0 Å². The summed E-state index contributed by atoms with van der Waals surface area (Å²) in [4.78, 5) is 89.4. The van der Waals surface area contributed by atoms with Gasteiger partial charge >= 0.3 is 5.97 Å². The minimum atomic E-state index is -2.79. The van der Waals surface area contributed by atoms with E-state index in [0.717, 1.165) is 41.5 Å². The first-order valence-corrected chi connectivity index (χ1v) is 44.6. The van der Waals surface area contributed by atoms with Crippen molar-refractivity contribution in [1.29, 1.82) is 0 Å². The largest absolute Gasteiger partial charge is 0.479 e. The summed E-state index contributed by atoms with van der Waals surface area (Å²) in [5.41, 5.74) is 0. The third-order valence-corrected chi connectivity index (χ3v) is 25.3. The van der Waals surface area contributed by atoms with Crippen molar-refractivity contribution in [3.05, 3.63) is 0 Å². The quantitative estimate of drug-likeness (QED) is 0.0275. The van der Waals surface area contributed by atoms with Crippen molar-refractivity contribution in [3.8, 4) is 0 Å². The lowest BCUT2D eigenvalue weighted by Crippen LogP contribution is -2.71. The average molecular weight is 2060 g/mol. The van der Waals surface area contributed by atoms with Crippen LogP contribution in [0.15, 0.2) is 0 Å². The van der Waals surface area contributed by atoms with Gasteiger partial charge in [-0.2, -0.15) is 0 Å². The summed E-state index contributed by atoms with van der Waals surface area (Å²) in [6, 6.07) is -11.5. The average Bonchev–Trinajstić information content (AvgIpc) is 0.750. The summed E-state index contributed by atoms with van der Waals surface area (Å²) in [6.07, 6.45) is -110. The highest BCUT2D eigenvalue weighted by Crippen LogP contribution is 2.42. The van der Waals surface area contributed by atoms with Crippen LogP contribution in [0, 0.1) is 0 Å². The highest BCUT2D eigenvalue weighted by atomic mass is 16.8. The topological polar surface area (TPSA) is 972 Å². The number of nitrogens with one attached hydrogen (secondary N) is 6. The van der Waals surface area contributed by atoms with Crippen molar-refractivity contribution in [2.75, 3.05) is 66.1 Å². The predicted octanol–water partition coefficient (Wildman–Crippen LogP) is -24.0. The van der Waals surface area contributed by atoms with Crippen molar-refractivity contribution in [2.24, 2.45) is 0 Å². The molecule has 0 radical (unpaired) electrons. The lowest BCUT2D eigenvalue weighted by atomic mass is 9.93. The van der Waals surface area contributed by atoms with Crippen molar-refractivity contribution in [2.45, 2.75) is 379 Å². The van der Waals surface area contributed by atoms with Crippen LogP contribution >= 0.6 is 0 Å². The van der Waals surface area contributed by atoms with Gasteiger partial charge in [0.1, 0.15) is 262 Å². The number of carbonyl (C=O) groups is 7. The molecule has 0 aliphatic carbocycles. The van der Waals surface area contributed by atoms with Crippen LogP contribution in [0.4, 0.5) is 0 Å². The van der Waals surface area contributed by atoms with Crippen LogP contribution in [-0.4, -0.2) is 593 Å². The summed E-state index contributed by atoms with van der Waals surface area (Å²) in [5, 5.41) is 343. The van der Waals surface area contributed by atoms with Crippen molar-refractivity contribution in [1.82, 2.24) is 31.9 Å². The first-order chi connectivity index (χ1) is 66.6. The molecule has 0 aromatic heterocycles. The number of amides is 6. The molecule has 11 fully saturated rings. The van der Waals surface area contributed by atoms with E-state index in [1.807, 2.05) is 0 Å². The Bertz CT molecular complexity index is 4010. The highest BCUT2D eigenvalue weighted by Gasteiger charge is 2.64. The smallest absolute Gasteiger partial charge is 0.335 e. The number of aliphatic carboxylic acids is 1. The van der Waals surface area contributed by atoms with Gasteiger partial charge in [0.05, 0.1) is 66.1 Å². The van der Waals surface area contributed by atoms with Crippen molar-refractivity contribution < 1.29 is 281 Å². The summed E-state index contributed by atoms with van der Waals surface area (Å²) in [7, 11) is 0. The molecule has 35 N–H and O–H groups in total. The minimum absolute atomic E-state index is 0.829. The monoisotopic (exact) mass is 2060 g/mol. The van der Waals surface area contributed by atoms with Gasteiger partial charge in [-0.1, -0.05) is 0 Å². The molecule has 55 atom stereocenters. The Hall–Kier alpha value is -5.67. The van der Waals surface area contributed by atoms with Gasteiger partial charge in [0.15, 0.2) is 75.3 Å². The number of hydrogen-bond donors (Lipinski definition) is 35. The first kappa shape index (κ1) is 116. The number of ether oxygens (including phenoxy) is 21. The van der Waals surface area contributed by atoms with E-state index in [9.17, 15) is 182 Å². The maximum absolute atomic E-state index is 13.6. The van der Waals surface area contributed by atoms with E-state index in [1.54, 1.807) is 0 Å². The molecule has 812 valence electrons. The zero-order valence-electron chi connectivity index (χ0n) is 75.7. The fourth-order valence-electron chi connectivity index (χ4n) is 18.1. The number of aliphatic hydroxyl groups is 28. The first-order valence-electron chi connectivity index (χ1n) is 44.6. The zero-order chi connectivity index (χ0) is 104. The molecule has 0 spiro atoms. The molecule has 0 saturated carbocycles. The van der Waals surface area contributed by atoms with E-state index in [2.05, 4.69) is 31.9 Å². The number of aliphatic hydroxyl groups excluding tert-OH is 28. The molecule has 0 aromatic rings. The predicted molar refractivity (Wildman–Crippen MR) is 432 cm³/mol. The van der Waals surface area contributed by atoms with Gasteiger partial charge in [0.2, 0.25) is 35.4 Å². The van der Waals surface area contributed by atoms with Gasteiger partial charge in [-0.05, 0) is 0 Å². The molecule has 11 aliphatic rings. The lowest BCUT2D eigenvalue weighted by molar-refractivity contribution is -0.406. The fraction of sp³-hybridized carbons (Fsp3) is 0.910. The molecule has 6 amide bonds. The molecular formula is C78H128N6O57. The molecule has 63 nitrogen and oxygen atoms in total. The second-order valence-corrected chi connectivity index (χ2v) is 35.3. The van der Waals surface area contributed by atoms with Gasteiger partial charge in [-0.3, -0.25) is 28.8 Å². The normalized spacial score (nSPS) is 47.8. The number of carboxylic acid groups (broad SMARTS) is 1. The van der Waals surface area contributed by atoms with Crippen LogP contribution < -0.4 is 31.9 Å². The molecule has 0 bridgehead atoms.